The van der Waals surface area contributed by atoms with E-state index in [4.69, 9.17) is 10.5 Å². The summed E-state index contributed by atoms with van der Waals surface area (Å²) in [5, 5.41) is 13.4. The average molecular weight is 355 g/mol. The number of carbonyl (C=O) groups excluding carboxylic acids is 2. The van der Waals surface area contributed by atoms with Crippen LogP contribution in [0.25, 0.3) is 0 Å². The van der Waals surface area contributed by atoms with Gasteiger partial charge >= 0.3 is 5.97 Å². The lowest BCUT2D eigenvalue weighted by molar-refractivity contribution is -0.384. The van der Waals surface area contributed by atoms with Crippen LogP contribution in [-0.4, -0.2) is 23.4 Å². The fourth-order valence-corrected chi connectivity index (χ4v) is 2.91. The maximum atomic E-state index is 12.0. The monoisotopic (exact) mass is 355 g/mol. The molecule has 0 fully saturated rings. The summed E-state index contributed by atoms with van der Waals surface area (Å²) in [7, 11) is 0. The van der Waals surface area contributed by atoms with E-state index in [0.717, 1.165) is 31.4 Å². The van der Waals surface area contributed by atoms with E-state index in [1.54, 1.807) is 0 Å². The first-order valence-electron chi connectivity index (χ1n) is 8.07. The topological polar surface area (TPSA) is 125 Å². The number of nitrogens with two attached hydrogens (primary N) is 1. The Bertz CT molecular complexity index is 894. The summed E-state index contributed by atoms with van der Waals surface area (Å²) < 4.78 is 4.94. The lowest BCUT2D eigenvalue weighted by Crippen LogP contribution is -2.21. The fraction of sp³-hybridized carbons (Fsp3) is 0.222. The summed E-state index contributed by atoms with van der Waals surface area (Å²) in [6.45, 7) is -0.480. The number of nitro benzene ring substituents is 1. The third kappa shape index (κ3) is 3.80. The molecule has 0 atom stereocenters. The number of ether oxygens (including phenoxy) is 1. The standard InChI is InChI=1S/C18H17N3O5/c19-16-9-14(21(24)25)6-7-15(16)18(23)26-10-17(22)20-13-5-4-11-2-1-3-12(11)8-13/h4-9H,1-3,10,19H2,(H,20,22). The van der Waals surface area contributed by atoms with Gasteiger partial charge in [0.1, 0.15) is 0 Å². The van der Waals surface area contributed by atoms with Crippen LogP contribution in [0.1, 0.15) is 27.9 Å². The van der Waals surface area contributed by atoms with E-state index < -0.39 is 23.4 Å². The van der Waals surface area contributed by atoms with E-state index in [9.17, 15) is 19.7 Å². The number of benzene rings is 2. The van der Waals surface area contributed by atoms with E-state index >= 15 is 0 Å². The first kappa shape index (κ1) is 17.4. The van der Waals surface area contributed by atoms with Gasteiger partial charge in [-0.25, -0.2) is 4.79 Å². The van der Waals surface area contributed by atoms with E-state index in [1.807, 2.05) is 18.2 Å². The SMILES string of the molecule is Nc1cc([N+](=O)[O-])ccc1C(=O)OCC(=O)Nc1ccc2c(c1)CCC2. The molecule has 0 aromatic heterocycles. The number of nitrogens with one attached hydrogen (secondary N) is 1. The molecule has 1 aliphatic rings. The van der Waals surface area contributed by atoms with Gasteiger partial charge < -0.3 is 15.8 Å². The molecule has 0 spiro atoms. The van der Waals surface area contributed by atoms with Crippen molar-refractivity contribution < 1.29 is 19.2 Å². The fourth-order valence-electron chi connectivity index (χ4n) is 2.91. The van der Waals surface area contributed by atoms with Crippen LogP contribution < -0.4 is 11.1 Å². The summed E-state index contributed by atoms with van der Waals surface area (Å²) in [5.74, 6) is -1.29. The van der Waals surface area contributed by atoms with E-state index in [1.165, 1.54) is 17.2 Å². The third-order valence-electron chi connectivity index (χ3n) is 4.18. The van der Waals surface area contributed by atoms with Gasteiger partial charge in [0.15, 0.2) is 6.61 Å². The van der Waals surface area contributed by atoms with Crippen LogP contribution >= 0.6 is 0 Å². The number of nitro groups is 1. The number of aryl methyl sites for hydroxylation is 2. The molecule has 0 bridgehead atoms. The molecule has 0 saturated carbocycles. The van der Waals surface area contributed by atoms with Gasteiger partial charge in [0.2, 0.25) is 0 Å². The van der Waals surface area contributed by atoms with Gasteiger partial charge in [0.25, 0.3) is 11.6 Å². The van der Waals surface area contributed by atoms with Crippen LogP contribution in [0.15, 0.2) is 36.4 Å². The third-order valence-corrected chi connectivity index (χ3v) is 4.18. The van der Waals surface area contributed by atoms with Crippen molar-refractivity contribution in [2.24, 2.45) is 0 Å². The predicted molar refractivity (Wildman–Crippen MR) is 94.9 cm³/mol. The number of hydrogen-bond acceptors (Lipinski definition) is 6. The molecule has 3 N–H and O–H groups in total. The second kappa shape index (κ2) is 7.22. The van der Waals surface area contributed by atoms with Gasteiger partial charge in [0.05, 0.1) is 16.2 Å². The maximum absolute atomic E-state index is 12.0. The molecule has 2 aromatic rings. The molecule has 0 radical (unpaired) electrons. The van der Waals surface area contributed by atoms with Gasteiger partial charge in [-0.15, -0.1) is 0 Å². The Hall–Kier alpha value is -3.42. The normalized spacial score (nSPS) is 12.3. The molecule has 8 nitrogen and oxygen atoms in total. The number of hydrogen-bond donors (Lipinski definition) is 2. The van der Waals surface area contributed by atoms with Gasteiger partial charge in [-0.05, 0) is 48.6 Å². The number of anilines is 2. The van der Waals surface area contributed by atoms with Gasteiger partial charge in [-0.1, -0.05) is 6.07 Å². The molecular weight excluding hydrogens is 338 g/mol. The molecule has 0 aliphatic heterocycles. The van der Waals surface area contributed by atoms with Crippen molar-refractivity contribution in [3.05, 3.63) is 63.2 Å². The van der Waals surface area contributed by atoms with Crippen LogP contribution in [0.5, 0.6) is 0 Å². The molecule has 0 heterocycles. The second-order valence-corrected chi connectivity index (χ2v) is 5.99. The summed E-state index contributed by atoms with van der Waals surface area (Å²) in [5.41, 5.74) is 8.47. The van der Waals surface area contributed by atoms with Gasteiger partial charge in [-0.3, -0.25) is 14.9 Å². The minimum Gasteiger partial charge on any atom is -0.452 e. The molecule has 26 heavy (non-hydrogen) atoms. The van der Waals surface area contributed by atoms with Crippen molar-refractivity contribution in [3.8, 4) is 0 Å². The maximum Gasteiger partial charge on any atom is 0.340 e. The number of esters is 1. The molecule has 0 unspecified atom stereocenters. The number of fused-ring (bicyclic) bond motifs is 1. The Balaban J connectivity index is 1.57. The van der Waals surface area contributed by atoms with Crippen molar-refractivity contribution >= 4 is 28.9 Å². The van der Waals surface area contributed by atoms with Crippen molar-refractivity contribution in [3.63, 3.8) is 0 Å². The molecule has 1 aliphatic carbocycles. The molecular formula is C18H17N3O5. The van der Waals surface area contributed by atoms with Gasteiger partial charge in [-0.2, -0.15) is 0 Å². The van der Waals surface area contributed by atoms with E-state index in [0.29, 0.717) is 5.69 Å². The Kier molecular flexibility index (Phi) is 4.83. The number of non-ortho nitro benzene ring substituents is 1. The van der Waals surface area contributed by atoms with Crippen LogP contribution in [0.2, 0.25) is 0 Å². The highest BCUT2D eigenvalue weighted by Gasteiger charge is 2.17. The highest BCUT2D eigenvalue weighted by atomic mass is 16.6. The van der Waals surface area contributed by atoms with E-state index in [2.05, 4.69) is 5.32 Å². The second-order valence-electron chi connectivity index (χ2n) is 5.99. The summed E-state index contributed by atoms with van der Waals surface area (Å²) in [4.78, 5) is 34.0. The summed E-state index contributed by atoms with van der Waals surface area (Å²) in [6.07, 6.45) is 3.16. The zero-order valence-corrected chi connectivity index (χ0v) is 13.9. The number of carbonyl (C=O) groups is 2. The quantitative estimate of drug-likeness (QED) is 0.367. The van der Waals surface area contributed by atoms with E-state index in [-0.39, 0.29) is 16.9 Å². The Morgan fingerprint density at radius 2 is 1.92 bits per heavy atom. The largest absolute Gasteiger partial charge is 0.452 e. The van der Waals surface area contributed by atoms with Crippen molar-refractivity contribution in [2.45, 2.75) is 19.3 Å². The van der Waals surface area contributed by atoms with Crippen molar-refractivity contribution in [1.82, 2.24) is 0 Å². The Morgan fingerprint density at radius 3 is 2.65 bits per heavy atom. The highest BCUT2D eigenvalue weighted by molar-refractivity contribution is 5.98. The van der Waals surface area contributed by atoms with Crippen molar-refractivity contribution in [2.75, 3.05) is 17.7 Å². The van der Waals surface area contributed by atoms with Crippen LogP contribution in [-0.2, 0) is 22.4 Å². The number of nitrogen functional groups attached to an aromatic ring is 1. The molecule has 134 valence electrons. The van der Waals surface area contributed by atoms with Gasteiger partial charge in [0, 0.05) is 17.8 Å². The minimum absolute atomic E-state index is 0.0269. The first-order chi connectivity index (χ1) is 12.4. The number of rotatable bonds is 5. The zero-order valence-electron chi connectivity index (χ0n) is 13.9. The van der Waals surface area contributed by atoms with Crippen molar-refractivity contribution in [1.29, 1.82) is 0 Å². The molecule has 8 heteroatoms. The molecule has 3 rings (SSSR count). The molecule has 1 amide bonds. The van der Waals surface area contributed by atoms with Crippen LogP contribution in [0, 0.1) is 10.1 Å². The van der Waals surface area contributed by atoms with Crippen LogP contribution in [0.3, 0.4) is 0 Å². The highest BCUT2D eigenvalue weighted by Crippen LogP contribution is 2.25. The summed E-state index contributed by atoms with van der Waals surface area (Å²) >= 11 is 0. The Labute approximate surface area is 149 Å². The summed E-state index contributed by atoms with van der Waals surface area (Å²) in [6, 6.07) is 9.16. The number of amides is 1. The molecule has 0 saturated heterocycles. The van der Waals surface area contributed by atoms with Crippen LogP contribution in [0.4, 0.5) is 17.1 Å². The smallest absolute Gasteiger partial charge is 0.340 e. The lowest BCUT2D eigenvalue weighted by Gasteiger charge is -2.09. The predicted octanol–water partition coefficient (Wildman–Crippen LogP) is 2.46. The first-order valence-corrected chi connectivity index (χ1v) is 8.07. The zero-order chi connectivity index (χ0) is 18.7. The lowest BCUT2D eigenvalue weighted by atomic mass is 10.1. The molecule has 2 aromatic carbocycles. The Morgan fingerprint density at radius 1 is 1.15 bits per heavy atom. The minimum atomic E-state index is -0.818. The number of nitrogens with zero attached hydrogens (tertiary/aromatic N) is 1. The average Bonchev–Trinajstić information content (AvgIpc) is 3.07.